The average molecular weight is 396 g/mol. The molecule has 1 fully saturated rings. The van der Waals surface area contributed by atoms with Crippen molar-refractivity contribution in [1.82, 2.24) is 0 Å². The summed E-state index contributed by atoms with van der Waals surface area (Å²) in [6, 6.07) is 2.88. The summed E-state index contributed by atoms with van der Waals surface area (Å²) in [7, 11) is 2.78. The molecule has 0 aromatic heterocycles. The van der Waals surface area contributed by atoms with Crippen molar-refractivity contribution in [3.05, 3.63) is 17.7 Å². The molecule has 9 nitrogen and oxygen atoms in total. The molecule has 1 aliphatic heterocycles. The Morgan fingerprint density at radius 3 is 2.46 bits per heavy atom. The second-order valence-corrected chi connectivity index (χ2v) is 5.90. The molecule has 2 unspecified atom stereocenters. The summed E-state index contributed by atoms with van der Waals surface area (Å²) in [5.74, 6) is -2.04. The highest BCUT2D eigenvalue weighted by atomic mass is 16.7. The Morgan fingerprint density at radius 1 is 1.14 bits per heavy atom. The van der Waals surface area contributed by atoms with Gasteiger partial charge < -0.3 is 28.4 Å². The third-order valence-corrected chi connectivity index (χ3v) is 3.96. The molecular formula is C19H24O9. The lowest BCUT2D eigenvalue weighted by atomic mass is 10.1. The van der Waals surface area contributed by atoms with Gasteiger partial charge in [0.1, 0.15) is 22.8 Å². The first-order chi connectivity index (χ1) is 13.4. The molecule has 9 heteroatoms. The topological polar surface area (TPSA) is 107 Å². The maximum Gasteiger partial charge on any atom is 0.379 e. The van der Waals surface area contributed by atoms with E-state index in [4.69, 9.17) is 28.4 Å². The van der Waals surface area contributed by atoms with E-state index in [1.54, 1.807) is 6.92 Å². The zero-order valence-electron chi connectivity index (χ0n) is 16.3. The molecule has 0 N–H and O–H groups in total. The number of ether oxygens (including phenoxy) is 6. The normalized spacial score (nSPS) is 18.7. The molecule has 0 spiro atoms. The number of esters is 2. The summed E-state index contributed by atoms with van der Waals surface area (Å²) in [6.07, 6.45) is -0.391. The van der Waals surface area contributed by atoms with Crippen LogP contribution >= 0.6 is 0 Å². The van der Waals surface area contributed by atoms with Crippen molar-refractivity contribution in [1.29, 1.82) is 0 Å². The van der Waals surface area contributed by atoms with E-state index in [0.717, 1.165) is 0 Å². The van der Waals surface area contributed by atoms with Crippen molar-refractivity contribution >= 4 is 17.7 Å². The maximum atomic E-state index is 12.6. The Balaban J connectivity index is 2.43. The molecule has 0 radical (unpaired) electrons. The van der Waals surface area contributed by atoms with Gasteiger partial charge in [0.05, 0.1) is 27.4 Å². The van der Waals surface area contributed by atoms with Crippen LogP contribution in [0.3, 0.4) is 0 Å². The minimum Gasteiger partial charge on any atom is -0.496 e. The van der Waals surface area contributed by atoms with Crippen LogP contribution in [0.15, 0.2) is 12.1 Å². The zero-order valence-corrected chi connectivity index (χ0v) is 16.3. The predicted molar refractivity (Wildman–Crippen MR) is 95.7 cm³/mol. The monoisotopic (exact) mass is 396 g/mol. The van der Waals surface area contributed by atoms with Crippen LogP contribution in [-0.4, -0.2) is 57.5 Å². The number of carbonyl (C=O) groups excluding carboxylic acids is 3. The van der Waals surface area contributed by atoms with Crippen molar-refractivity contribution < 1.29 is 42.8 Å². The van der Waals surface area contributed by atoms with Gasteiger partial charge in [-0.15, -0.1) is 0 Å². The van der Waals surface area contributed by atoms with Crippen LogP contribution in [0, 0.1) is 0 Å². The summed E-state index contributed by atoms with van der Waals surface area (Å²) in [6.45, 7) is 3.31. The number of rotatable bonds is 8. The van der Waals surface area contributed by atoms with Crippen molar-refractivity contribution in [3.63, 3.8) is 0 Å². The Morgan fingerprint density at radius 2 is 1.86 bits per heavy atom. The predicted octanol–water partition coefficient (Wildman–Crippen LogP) is 1.90. The lowest BCUT2D eigenvalue weighted by Crippen LogP contribution is -2.41. The highest BCUT2D eigenvalue weighted by Crippen LogP contribution is 2.36. The molecule has 0 saturated carbocycles. The number of methoxy groups -OCH3 is 2. The van der Waals surface area contributed by atoms with Gasteiger partial charge in [-0.05, 0) is 19.8 Å². The SMILES string of the molecule is CCOC(=O)C(=O)c1c(OC)cc(OC)cc1OC1OCCCC1OC(C)=O. The molecule has 154 valence electrons. The molecule has 28 heavy (non-hydrogen) atoms. The Labute approximate surface area is 162 Å². The number of Topliss-reactive ketones (excluding diaryl/α,β-unsaturated/α-hetero) is 1. The molecule has 0 amide bonds. The minimum atomic E-state index is -1.04. The van der Waals surface area contributed by atoms with E-state index < -0.39 is 30.1 Å². The van der Waals surface area contributed by atoms with Crippen molar-refractivity contribution in [2.45, 2.75) is 39.1 Å². The van der Waals surface area contributed by atoms with Gasteiger partial charge in [0.25, 0.3) is 5.78 Å². The van der Waals surface area contributed by atoms with Gasteiger partial charge in [-0.3, -0.25) is 9.59 Å². The standard InChI is InChI=1S/C19H24O9/c1-5-25-18(22)17(21)16-14(24-4)9-12(23-3)10-15(16)28-19-13(27-11(2)20)7-6-8-26-19/h9-10,13,19H,5-8H2,1-4H3. The second-order valence-electron chi connectivity index (χ2n) is 5.90. The summed E-state index contributed by atoms with van der Waals surface area (Å²) < 4.78 is 31.9. The van der Waals surface area contributed by atoms with Crippen LogP contribution < -0.4 is 14.2 Å². The van der Waals surface area contributed by atoms with Gasteiger partial charge in [-0.25, -0.2) is 4.79 Å². The van der Waals surface area contributed by atoms with E-state index in [9.17, 15) is 14.4 Å². The zero-order chi connectivity index (χ0) is 20.7. The molecule has 1 aliphatic rings. The molecule has 2 rings (SSSR count). The second kappa shape index (κ2) is 9.93. The largest absolute Gasteiger partial charge is 0.496 e. The van der Waals surface area contributed by atoms with Crippen LogP contribution in [0.2, 0.25) is 0 Å². The van der Waals surface area contributed by atoms with Gasteiger partial charge in [0.15, 0.2) is 6.10 Å². The Hall–Kier alpha value is -2.81. The smallest absolute Gasteiger partial charge is 0.379 e. The molecule has 1 saturated heterocycles. The molecule has 2 atom stereocenters. The van der Waals surface area contributed by atoms with Crippen LogP contribution in [-0.2, 0) is 23.8 Å². The van der Waals surface area contributed by atoms with Gasteiger partial charge in [0.2, 0.25) is 6.29 Å². The lowest BCUT2D eigenvalue weighted by Gasteiger charge is -2.31. The van der Waals surface area contributed by atoms with Crippen LogP contribution in [0.5, 0.6) is 17.2 Å². The van der Waals surface area contributed by atoms with Crippen LogP contribution in [0.25, 0.3) is 0 Å². The van der Waals surface area contributed by atoms with E-state index in [0.29, 0.717) is 25.2 Å². The Kier molecular flexibility index (Phi) is 7.62. The van der Waals surface area contributed by atoms with Gasteiger partial charge in [-0.2, -0.15) is 0 Å². The third kappa shape index (κ3) is 5.13. The van der Waals surface area contributed by atoms with Gasteiger partial charge in [0, 0.05) is 19.1 Å². The van der Waals surface area contributed by atoms with E-state index in [1.807, 2.05) is 0 Å². The molecule has 1 heterocycles. The van der Waals surface area contributed by atoms with Crippen molar-refractivity contribution in [2.75, 3.05) is 27.4 Å². The highest BCUT2D eigenvalue weighted by Gasteiger charge is 2.34. The maximum absolute atomic E-state index is 12.6. The molecular weight excluding hydrogens is 372 g/mol. The first-order valence-corrected chi connectivity index (χ1v) is 8.84. The average Bonchev–Trinajstić information content (AvgIpc) is 2.68. The number of carbonyl (C=O) groups is 3. The van der Waals surface area contributed by atoms with E-state index in [2.05, 4.69) is 0 Å². The molecule has 0 aliphatic carbocycles. The van der Waals surface area contributed by atoms with Crippen LogP contribution in [0.1, 0.15) is 37.0 Å². The van der Waals surface area contributed by atoms with Crippen molar-refractivity contribution in [3.8, 4) is 17.2 Å². The number of ketones is 1. The fourth-order valence-corrected chi connectivity index (χ4v) is 2.75. The van der Waals surface area contributed by atoms with Gasteiger partial charge in [-0.1, -0.05) is 0 Å². The molecule has 1 aromatic rings. The summed E-state index contributed by atoms with van der Waals surface area (Å²) in [5, 5.41) is 0. The summed E-state index contributed by atoms with van der Waals surface area (Å²) >= 11 is 0. The van der Waals surface area contributed by atoms with Crippen LogP contribution in [0.4, 0.5) is 0 Å². The lowest BCUT2D eigenvalue weighted by molar-refractivity contribution is -0.195. The first kappa shape index (κ1) is 21.5. The minimum absolute atomic E-state index is 0.00157. The molecule has 0 bridgehead atoms. The molecule has 1 aromatic carbocycles. The first-order valence-electron chi connectivity index (χ1n) is 8.84. The van der Waals surface area contributed by atoms with Crippen molar-refractivity contribution in [2.24, 2.45) is 0 Å². The summed E-state index contributed by atoms with van der Waals surface area (Å²) in [4.78, 5) is 36.0. The van der Waals surface area contributed by atoms with Gasteiger partial charge >= 0.3 is 11.9 Å². The quantitative estimate of drug-likeness (QED) is 0.370. The number of benzene rings is 1. The highest BCUT2D eigenvalue weighted by molar-refractivity contribution is 6.42. The third-order valence-electron chi connectivity index (χ3n) is 3.96. The Bertz CT molecular complexity index is 728. The van der Waals surface area contributed by atoms with E-state index in [1.165, 1.54) is 33.3 Å². The fourth-order valence-electron chi connectivity index (χ4n) is 2.75. The fraction of sp³-hybridized carbons (Fsp3) is 0.526. The number of hydrogen-bond donors (Lipinski definition) is 0. The van der Waals surface area contributed by atoms with E-state index >= 15 is 0 Å². The summed E-state index contributed by atoms with van der Waals surface area (Å²) in [5.41, 5.74) is -0.127. The van der Waals surface area contributed by atoms with E-state index in [-0.39, 0.29) is 23.7 Å². The number of hydrogen-bond acceptors (Lipinski definition) is 9.